The van der Waals surface area contributed by atoms with Crippen molar-refractivity contribution < 1.29 is 14.3 Å². The van der Waals surface area contributed by atoms with Crippen LogP contribution >= 0.6 is 23.2 Å². The molecular formula is C19H23Cl2NO3. The maximum absolute atomic E-state index is 12.6. The zero-order valence-electron chi connectivity index (χ0n) is 14.8. The Labute approximate surface area is 158 Å². The van der Waals surface area contributed by atoms with Crippen LogP contribution in [0, 0.1) is 10.8 Å². The van der Waals surface area contributed by atoms with Crippen molar-refractivity contribution in [2.45, 2.75) is 46.1 Å². The number of benzene rings is 1. The summed E-state index contributed by atoms with van der Waals surface area (Å²) in [5.74, 6) is -0.723. The molecular weight excluding hydrogens is 361 g/mol. The SMILES string of the molecule is CC1(C)CC2CC(C)(CN2C(=O)COC(=O)c2cc(Cl)cc(Cl)c2)C1. The number of fused-ring (bicyclic) bond motifs is 2. The zero-order chi connectivity index (χ0) is 18.4. The normalized spacial score (nSPS) is 27.2. The summed E-state index contributed by atoms with van der Waals surface area (Å²) in [6.45, 7) is 7.24. The van der Waals surface area contributed by atoms with E-state index in [-0.39, 0.29) is 34.9 Å². The van der Waals surface area contributed by atoms with Crippen molar-refractivity contribution in [1.82, 2.24) is 4.90 Å². The lowest BCUT2D eigenvalue weighted by Crippen LogP contribution is -2.39. The molecule has 1 aromatic rings. The van der Waals surface area contributed by atoms with Crippen molar-refractivity contribution in [1.29, 1.82) is 0 Å². The first-order valence-corrected chi connectivity index (χ1v) is 9.25. The van der Waals surface area contributed by atoms with Crippen LogP contribution < -0.4 is 0 Å². The number of esters is 1. The number of carbonyl (C=O) groups is 2. The van der Waals surface area contributed by atoms with Gasteiger partial charge in [-0.3, -0.25) is 4.79 Å². The molecule has 2 bridgehead atoms. The second kappa shape index (κ2) is 6.48. The van der Waals surface area contributed by atoms with Crippen molar-refractivity contribution in [3.8, 4) is 0 Å². The largest absolute Gasteiger partial charge is 0.452 e. The van der Waals surface area contributed by atoms with Gasteiger partial charge < -0.3 is 9.64 Å². The number of likely N-dealkylation sites (tertiary alicyclic amines) is 1. The van der Waals surface area contributed by atoms with Crippen LogP contribution in [0.2, 0.25) is 10.0 Å². The van der Waals surface area contributed by atoms with Gasteiger partial charge in [-0.2, -0.15) is 0 Å². The molecule has 25 heavy (non-hydrogen) atoms. The van der Waals surface area contributed by atoms with Crippen molar-refractivity contribution >= 4 is 35.1 Å². The first kappa shape index (κ1) is 18.5. The number of rotatable bonds is 3. The van der Waals surface area contributed by atoms with Crippen molar-refractivity contribution in [2.24, 2.45) is 10.8 Å². The third-order valence-corrected chi connectivity index (χ3v) is 5.60. The van der Waals surface area contributed by atoms with E-state index in [4.69, 9.17) is 27.9 Å². The third kappa shape index (κ3) is 4.12. The number of hydrogen-bond acceptors (Lipinski definition) is 3. The predicted molar refractivity (Wildman–Crippen MR) is 98.0 cm³/mol. The fourth-order valence-corrected chi connectivity index (χ4v) is 5.24. The van der Waals surface area contributed by atoms with Gasteiger partial charge in [-0.25, -0.2) is 4.79 Å². The number of halogens is 2. The molecule has 6 heteroatoms. The van der Waals surface area contributed by atoms with Crippen molar-refractivity contribution in [3.63, 3.8) is 0 Å². The molecule has 1 aliphatic carbocycles. The molecule has 1 heterocycles. The third-order valence-electron chi connectivity index (χ3n) is 5.16. The van der Waals surface area contributed by atoms with Gasteiger partial charge >= 0.3 is 5.97 Å². The highest BCUT2D eigenvalue weighted by molar-refractivity contribution is 6.35. The smallest absolute Gasteiger partial charge is 0.338 e. The molecule has 0 spiro atoms. The summed E-state index contributed by atoms with van der Waals surface area (Å²) in [6.07, 6.45) is 3.13. The first-order valence-electron chi connectivity index (χ1n) is 8.50. The number of amides is 1. The van der Waals surface area contributed by atoms with Gasteiger partial charge in [-0.05, 0) is 48.3 Å². The minimum atomic E-state index is -0.591. The van der Waals surface area contributed by atoms with Gasteiger partial charge in [0.15, 0.2) is 6.61 Å². The molecule has 0 aromatic heterocycles. The van der Waals surface area contributed by atoms with E-state index in [9.17, 15) is 9.59 Å². The molecule has 1 amide bonds. The standard InChI is InChI=1S/C19H23Cl2NO3/c1-18(2)7-15-8-19(3,10-18)11-22(15)16(23)9-25-17(24)12-4-13(20)6-14(21)5-12/h4-6,15H,7-11H2,1-3H3. The van der Waals surface area contributed by atoms with Crippen LogP contribution in [0.25, 0.3) is 0 Å². The van der Waals surface area contributed by atoms with E-state index in [1.54, 1.807) is 0 Å². The Morgan fingerprint density at radius 1 is 1.16 bits per heavy atom. The van der Waals surface area contributed by atoms with Crippen molar-refractivity contribution in [2.75, 3.05) is 13.2 Å². The zero-order valence-corrected chi connectivity index (χ0v) is 16.3. The van der Waals surface area contributed by atoms with Gasteiger partial charge in [0.1, 0.15) is 0 Å². The monoisotopic (exact) mass is 383 g/mol. The molecule has 1 saturated carbocycles. The average Bonchev–Trinajstić information content (AvgIpc) is 2.72. The first-order chi connectivity index (χ1) is 11.6. The minimum Gasteiger partial charge on any atom is -0.452 e. The van der Waals surface area contributed by atoms with Crippen LogP contribution in [0.4, 0.5) is 0 Å². The van der Waals surface area contributed by atoms with Crippen LogP contribution in [0.15, 0.2) is 18.2 Å². The summed E-state index contributed by atoms with van der Waals surface area (Å²) in [5.41, 5.74) is 0.645. The molecule has 1 saturated heterocycles. The second-order valence-electron chi connectivity index (χ2n) is 8.47. The van der Waals surface area contributed by atoms with Gasteiger partial charge in [-0.15, -0.1) is 0 Å². The van der Waals surface area contributed by atoms with Gasteiger partial charge in [0.25, 0.3) is 5.91 Å². The highest BCUT2D eigenvalue weighted by Crippen LogP contribution is 2.52. The van der Waals surface area contributed by atoms with E-state index < -0.39 is 5.97 Å². The molecule has 0 N–H and O–H groups in total. The van der Waals surface area contributed by atoms with E-state index in [1.807, 2.05) is 4.90 Å². The van der Waals surface area contributed by atoms with Gasteiger partial charge in [0.2, 0.25) is 0 Å². The molecule has 2 fully saturated rings. The summed E-state index contributed by atoms with van der Waals surface area (Å²) in [6, 6.07) is 4.73. The summed E-state index contributed by atoms with van der Waals surface area (Å²) in [4.78, 5) is 26.7. The molecule has 2 unspecified atom stereocenters. The molecule has 1 aromatic carbocycles. The molecule has 136 valence electrons. The van der Waals surface area contributed by atoms with Crippen LogP contribution in [0.5, 0.6) is 0 Å². The average molecular weight is 384 g/mol. The summed E-state index contributed by atoms with van der Waals surface area (Å²) in [7, 11) is 0. The molecule has 4 nitrogen and oxygen atoms in total. The predicted octanol–water partition coefficient (Wildman–Crippen LogP) is 4.58. The number of carbonyl (C=O) groups excluding carboxylic acids is 2. The molecule has 2 aliphatic rings. The Balaban J connectivity index is 1.62. The Morgan fingerprint density at radius 3 is 2.44 bits per heavy atom. The Morgan fingerprint density at radius 2 is 1.80 bits per heavy atom. The van der Waals surface area contributed by atoms with E-state index in [0.29, 0.717) is 10.0 Å². The fourth-order valence-electron chi connectivity index (χ4n) is 4.72. The Hall–Kier alpha value is -1.26. The highest BCUT2D eigenvalue weighted by atomic mass is 35.5. The number of ether oxygens (including phenoxy) is 1. The van der Waals surface area contributed by atoms with E-state index in [1.165, 1.54) is 18.2 Å². The van der Waals surface area contributed by atoms with E-state index in [0.717, 1.165) is 25.8 Å². The Kier molecular flexibility index (Phi) is 4.80. The van der Waals surface area contributed by atoms with Crippen LogP contribution in [0.1, 0.15) is 50.4 Å². The summed E-state index contributed by atoms with van der Waals surface area (Å²) >= 11 is 11.8. The Bertz CT molecular complexity index is 698. The second-order valence-corrected chi connectivity index (χ2v) is 9.34. The fraction of sp³-hybridized carbons (Fsp3) is 0.579. The van der Waals surface area contributed by atoms with E-state index >= 15 is 0 Å². The molecule has 2 atom stereocenters. The van der Waals surface area contributed by atoms with Crippen LogP contribution in [0.3, 0.4) is 0 Å². The molecule has 0 radical (unpaired) electrons. The highest BCUT2D eigenvalue weighted by Gasteiger charge is 2.50. The topological polar surface area (TPSA) is 46.6 Å². The van der Waals surface area contributed by atoms with Gasteiger partial charge in [0.05, 0.1) is 5.56 Å². The summed E-state index contributed by atoms with van der Waals surface area (Å²) in [5, 5.41) is 0.712. The van der Waals surface area contributed by atoms with Crippen molar-refractivity contribution in [3.05, 3.63) is 33.8 Å². The van der Waals surface area contributed by atoms with Crippen LogP contribution in [-0.2, 0) is 9.53 Å². The van der Waals surface area contributed by atoms with Crippen LogP contribution in [-0.4, -0.2) is 36.0 Å². The number of nitrogens with zero attached hydrogens (tertiary/aromatic N) is 1. The maximum atomic E-state index is 12.6. The van der Waals surface area contributed by atoms with E-state index in [2.05, 4.69) is 20.8 Å². The summed E-state index contributed by atoms with van der Waals surface area (Å²) < 4.78 is 5.20. The lowest BCUT2D eigenvalue weighted by molar-refractivity contribution is -0.135. The minimum absolute atomic E-state index is 0.132. The maximum Gasteiger partial charge on any atom is 0.338 e. The lowest BCUT2D eigenvalue weighted by atomic mass is 9.65. The van der Waals surface area contributed by atoms with Gasteiger partial charge in [0, 0.05) is 22.6 Å². The quantitative estimate of drug-likeness (QED) is 0.717. The van der Waals surface area contributed by atoms with Gasteiger partial charge in [-0.1, -0.05) is 44.0 Å². The molecule has 3 rings (SSSR count). The molecule has 1 aliphatic heterocycles. The lowest BCUT2D eigenvalue weighted by Gasteiger charge is -2.39. The number of hydrogen-bond donors (Lipinski definition) is 0.